The summed E-state index contributed by atoms with van der Waals surface area (Å²) < 4.78 is 1.47. The van der Waals surface area contributed by atoms with Crippen LogP contribution in [0.5, 0.6) is 0 Å². The molecule has 0 aliphatic rings. The minimum Gasteiger partial charge on any atom is -0.353 e. The summed E-state index contributed by atoms with van der Waals surface area (Å²) in [6.07, 6.45) is 0.603. The lowest BCUT2D eigenvalue weighted by Gasteiger charge is -2.11. The zero-order valence-electron chi connectivity index (χ0n) is 12.5. The fourth-order valence-electron chi connectivity index (χ4n) is 2.21. The van der Waals surface area contributed by atoms with Crippen molar-refractivity contribution in [1.29, 1.82) is 0 Å². The average molecular weight is 308 g/mol. The molecule has 0 atom stereocenters. The van der Waals surface area contributed by atoms with E-state index in [1.165, 1.54) is 15.9 Å². The molecule has 1 amide bonds. The van der Waals surface area contributed by atoms with Crippen LogP contribution in [-0.4, -0.2) is 28.5 Å². The Kier molecular flexibility index (Phi) is 4.74. The second kappa shape index (κ2) is 6.36. The minimum atomic E-state index is -0.219. The van der Waals surface area contributed by atoms with Gasteiger partial charge in [0.15, 0.2) is 0 Å². The van der Waals surface area contributed by atoms with Crippen molar-refractivity contribution in [3.8, 4) is 0 Å². The van der Waals surface area contributed by atoms with E-state index in [-0.39, 0.29) is 18.0 Å². The van der Waals surface area contributed by atoms with Gasteiger partial charge in [0, 0.05) is 24.4 Å². The molecule has 0 saturated carbocycles. The predicted molar refractivity (Wildman–Crippen MR) is 84.8 cm³/mol. The van der Waals surface area contributed by atoms with E-state index in [9.17, 15) is 9.59 Å². The second-order valence-electron chi connectivity index (χ2n) is 4.87. The minimum absolute atomic E-state index is 0.0146. The van der Waals surface area contributed by atoms with Crippen LogP contribution in [-0.2, 0) is 17.8 Å². The molecule has 114 valence electrons. The van der Waals surface area contributed by atoms with E-state index < -0.39 is 0 Å². The summed E-state index contributed by atoms with van der Waals surface area (Å²) in [5, 5.41) is 3.30. The van der Waals surface area contributed by atoms with Crippen LogP contribution in [0.2, 0.25) is 0 Å². The van der Waals surface area contributed by atoms with Crippen molar-refractivity contribution in [1.82, 2.24) is 14.9 Å². The molecule has 0 spiro atoms. The van der Waals surface area contributed by atoms with Gasteiger partial charge in [-0.05, 0) is 19.4 Å². The summed E-state index contributed by atoms with van der Waals surface area (Å²) in [5.41, 5.74) is 6.17. The van der Waals surface area contributed by atoms with Gasteiger partial charge in [-0.1, -0.05) is 6.92 Å². The van der Waals surface area contributed by atoms with Crippen molar-refractivity contribution in [3.05, 3.63) is 26.6 Å². The molecule has 0 aliphatic heterocycles. The molecule has 7 heteroatoms. The number of hydrogen-bond donors (Lipinski definition) is 2. The number of fused-ring (bicyclic) bond motifs is 1. The van der Waals surface area contributed by atoms with E-state index in [0.717, 1.165) is 15.3 Å². The molecule has 2 aromatic heterocycles. The summed E-state index contributed by atoms with van der Waals surface area (Å²) in [7, 11) is 0. The monoisotopic (exact) mass is 308 g/mol. The molecule has 2 rings (SSSR count). The van der Waals surface area contributed by atoms with Gasteiger partial charge < -0.3 is 11.1 Å². The van der Waals surface area contributed by atoms with Crippen LogP contribution in [0.3, 0.4) is 0 Å². The SMILES string of the molecule is CCc1nc2sc(C)c(C)c2c(=O)n1CC(=O)NCCN. The number of carbonyl (C=O) groups excluding carboxylic acids is 1. The van der Waals surface area contributed by atoms with Crippen molar-refractivity contribution in [2.24, 2.45) is 5.73 Å². The molecule has 6 nitrogen and oxygen atoms in total. The van der Waals surface area contributed by atoms with Gasteiger partial charge in [0.1, 0.15) is 17.2 Å². The Morgan fingerprint density at radius 1 is 1.43 bits per heavy atom. The maximum Gasteiger partial charge on any atom is 0.263 e. The fourth-order valence-corrected chi connectivity index (χ4v) is 3.25. The Morgan fingerprint density at radius 3 is 2.76 bits per heavy atom. The lowest BCUT2D eigenvalue weighted by Crippen LogP contribution is -2.36. The number of hydrogen-bond acceptors (Lipinski definition) is 5. The Hall–Kier alpha value is -1.73. The highest BCUT2D eigenvalue weighted by Gasteiger charge is 2.17. The third-order valence-electron chi connectivity index (χ3n) is 3.45. The number of carbonyl (C=O) groups is 1. The number of aromatic nitrogens is 2. The number of rotatable bonds is 5. The fraction of sp³-hybridized carbons (Fsp3) is 0.500. The Balaban J connectivity index is 2.51. The van der Waals surface area contributed by atoms with E-state index in [1.807, 2.05) is 20.8 Å². The largest absolute Gasteiger partial charge is 0.353 e. The normalized spacial score (nSPS) is 11.0. The molecule has 2 heterocycles. The van der Waals surface area contributed by atoms with Crippen LogP contribution in [0.1, 0.15) is 23.2 Å². The number of thiophene rings is 1. The molecule has 2 aromatic rings. The molecule has 0 bridgehead atoms. The third-order valence-corrected chi connectivity index (χ3v) is 4.55. The molecule has 0 unspecified atom stereocenters. The van der Waals surface area contributed by atoms with Gasteiger partial charge >= 0.3 is 0 Å². The van der Waals surface area contributed by atoms with Gasteiger partial charge in [0.05, 0.1) is 5.39 Å². The molecule has 3 N–H and O–H groups in total. The number of nitrogens with zero attached hydrogens (tertiary/aromatic N) is 2. The van der Waals surface area contributed by atoms with Crippen molar-refractivity contribution in [3.63, 3.8) is 0 Å². The lowest BCUT2D eigenvalue weighted by atomic mass is 10.2. The van der Waals surface area contributed by atoms with Crippen LogP contribution in [0.15, 0.2) is 4.79 Å². The number of nitrogens with two attached hydrogens (primary N) is 1. The highest BCUT2D eigenvalue weighted by atomic mass is 32.1. The van der Waals surface area contributed by atoms with Crippen molar-refractivity contribution < 1.29 is 4.79 Å². The highest BCUT2D eigenvalue weighted by Crippen LogP contribution is 2.26. The van der Waals surface area contributed by atoms with E-state index in [1.54, 1.807) is 0 Å². The summed E-state index contributed by atoms with van der Waals surface area (Å²) in [4.78, 5) is 30.9. The second-order valence-corrected chi connectivity index (χ2v) is 6.08. The van der Waals surface area contributed by atoms with Crippen molar-refractivity contribution in [2.45, 2.75) is 33.7 Å². The van der Waals surface area contributed by atoms with Gasteiger partial charge in [-0.15, -0.1) is 11.3 Å². The topological polar surface area (TPSA) is 90.0 Å². The zero-order chi connectivity index (χ0) is 15.6. The number of amides is 1. The van der Waals surface area contributed by atoms with Crippen molar-refractivity contribution in [2.75, 3.05) is 13.1 Å². The lowest BCUT2D eigenvalue weighted by molar-refractivity contribution is -0.121. The van der Waals surface area contributed by atoms with E-state index in [2.05, 4.69) is 10.3 Å². The van der Waals surface area contributed by atoms with Gasteiger partial charge in [-0.25, -0.2) is 4.98 Å². The molecular formula is C14H20N4O2S. The molecule has 0 fully saturated rings. The highest BCUT2D eigenvalue weighted by molar-refractivity contribution is 7.18. The average Bonchev–Trinajstić information content (AvgIpc) is 2.74. The molecule has 0 saturated heterocycles. The summed E-state index contributed by atoms with van der Waals surface area (Å²) in [5.74, 6) is 0.416. The maximum atomic E-state index is 12.7. The van der Waals surface area contributed by atoms with Crippen LogP contribution in [0, 0.1) is 13.8 Å². The summed E-state index contributed by atoms with van der Waals surface area (Å²) in [6.45, 7) is 6.59. The Bertz CT molecular complexity index is 733. The molecule has 0 aromatic carbocycles. The van der Waals surface area contributed by atoms with E-state index in [0.29, 0.717) is 30.7 Å². The first kappa shape index (κ1) is 15.7. The van der Waals surface area contributed by atoms with Crippen LogP contribution < -0.4 is 16.6 Å². The summed E-state index contributed by atoms with van der Waals surface area (Å²) >= 11 is 1.52. The first-order valence-corrected chi connectivity index (χ1v) is 7.77. The number of aryl methyl sites for hydroxylation is 3. The van der Waals surface area contributed by atoms with Crippen molar-refractivity contribution >= 4 is 27.5 Å². The van der Waals surface area contributed by atoms with Gasteiger partial charge in [0.2, 0.25) is 5.91 Å². The van der Waals surface area contributed by atoms with Gasteiger partial charge in [-0.2, -0.15) is 0 Å². The molecule has 0 aliphatic carbocycles. The van der Waals surface area contributed by atoms with Crippen LogP contribution in [0.25, 0.3) is 10.2 Å². The van der Waals surface area contributed by atoms with Crippen LogP contribution in [0.4, 0.5) is 0 Å². The van der Waals surface area contributed by atoms with Crippen LogP contribution >= 0.6 is 11.3 Å². The van der Waals surface area contributed by atoms with Gasteiger partial charge in [-0.3, -0.25) is 14.2 Å². The predicted octanol–water partition coefficient (Wildman–Crippen LogP) is 0.712. The Morgan fingerprint density at radius 2 is 2.14 bits per heavy atom. The summed E-state index contributed by atoms with van der Waals surface area (Å²) in [6, 6.07) is 0. The Labute approximate surface area is 127 Å². The zero-order valence-corrected chi connectivity index (χ0v) is 13.3. The smallest absolute Gasteiger partial charge is 0.263 e. The molecular weight excluding hydrogens is 288 g/mol. The third kappa shape index (κ3) is 2.98. The quantitative estimate of drug-likeness (QED) is 0.851. The van der Waals surface area contributed by atoms with E-state index >= 15 is 0 Å². The maximum absolute atomic E-state index is 12.7. The standard InChI is InChI=1S/C14H20N4O2S/c1-4-10-17-13-12(8(2)9(3)21-13)14(20)18(10)7-11(19)16-6-5-15/h4-7,15H2,1-3H3,(H,16,19). The van der Waals surface area contributed by atoms with E-state index in [4.69, 9.17) is 5.73 Å². The first-order valence-electron chi connectivity index (χ1n) is 6.95. The number of nitrogens with one attached hydrogen (secondary N) is 1. The molecule has 0 radical (unpaired) electrons. The molecule has 21 heavy (non-hydrogen) atoms. The first-order chi connectivity index (χ1) is 9.99. The van der Waals surface area contributed by atoms with Gasteiger partial charge in [0.25, 0.3) is 5.56 Å².